The zero-order valence-electron chi connectivity index (χ0n) is 7.32. The number of rotatable bonds is 2. The summed E-state index contributed by atoms with van der Waals surface area (Å²) in [5.74, 6) is -0.484. The molecule has 0 saturated heterocycles. The van der Waals surface area contributed by atoms with E-state index in [0.29, 0.717) is 6.42 Å². The first-order valence-electron chi connectivity index (χ1n) is 4.38. The molecule has 4 N–H and O–H groups in total. The van der Waals surface area contributed by atoms with Gasteiger partial charge in [-0.25, -0.2) is 4.79 Å². The molecule has 0 spiro atoms. The maximum atomic E-state index is 10.8. The number of carbonyl (C=O) groups is 2. The van der Waals surface area contributed by atoms with Crippen molar-refractivity contribution in [1.82, 2.24) is 5.32 Å². The monoisotopic (exact) mass is 186 g/mol. The Labute approximate surface area is 76.3 Å². The standard InChI is InChI=1S/C8H14N2O3/c9-7(11)5-2-1-3-6(4-5)10-8(12)13/h5-6,10H,1-4H2,(H2,9,11)(H,12,13). The Kier molecular flexibility index (Phi) is 3.11. The number of hydrogen-bond donors (Lipinski definition) is 3. The van der Waals surface area contributed by atoms with Crippen LogP contribution in [0.25, 0.3) is 0 Å². The number of nitrogens with one attached hydrogen (secondary N) is 1. The highest BCUT2D eigenvalue weighted by Gasteiger charge is 2.26. The molecule has 2 unspecified atom stereocenters. The second-order valence-corrected chi connectivity index (χ2v) is 3.41. The molecule has 0 bridgehead atoms. The highest BCUT2D eigenvalue weighted by molar-refractivity contribution is 5.76. The van der Waals surface area contributed by atoms with E-state index in [9.17, 15) is 9.59 Å². The van der Waals surface area contributed by atoms with Gasteiger partial charge >= 0.3 is 6.09 Å². The highest BCUT2D eigenvalue weighted by Crippen LogP contribution is 2.23. The van der Waals surface area contributed by atoms with Crippen LogP contribution in [0.5, 0.6) is 0 Å². The molecule has 0 heterocycles. The van der Waals surface area contributed by atoms with Gasteiger partial charge in [0.1, 0.15) is 0 Å². The summed E-state index contributed by atoms with van der Waals surface area (Å²) in [5.41, 5.74) is 5.15. The normalized spacial score (nSPS) is 28.0. The minimum Gasteiger partial charge on any atom is -0.465 e. The number of hydrogen-bond acceptors (Lipinski definition) is 2. The van der Waals surface area contributed by atoms with E-state index in [-0.39, 0.29) is 17.9 Å². The summed E-state index contributed by atoms with van der Waals surface area (Å²) in [6.45, 7) is 0. The summed E-state index contributed by atoms with van der Waals surface area (Å²) in [6.07, 6.45) is 1.96. The topological polar surface area (TPSA) is 92.4 Å². The summed E-state index contributed by atoms with van der Waals surface area (Å²) in [4.78, 5) is 21.1. The Hall–Kier alpha value is -1.26. The molecule has 74 valence electrons. The van der Waals surface area contributed by atoms with E-state index in [0.717, 1.165) is 19.3 Å². The Bertz CT molecular complexity index is 217. The third-order valence-corrected chi connectivity index (χ3v) is 2.40. The summed E-state index contributed by atoms with van der Waals surface area (Å²) < 4.78 is 0. The van der Waals surface area contributed by atoms with Gasteiger partial charge < -0.3 is 16.2 Å². The van der Waals surface area contributed by atoms with Gasteiger partial charge in [-0.15, -0.1) is 0 Å². The minimum atomic E-state index is -1.03. The molecule has 1 rings (SSSR count). The first-order valence-corrected chi connectivity index (χ1v) is 4.38. The first-order chi connectivity index (χ1) is 6.09. The number of carboxylic acid groups (broad SMARTS) is 1. The summed E-state index contributed by atoms with van der Waals surface area (Å²) in [7, 11) is 0. The predicted molar refractivity (Wildman–Crippen MR) is 46.1 cm³/mol. The zero-order valence-corrected chi connectivity index (χ0v) is 7.32. The minimum absolute atomic E-state index is 0.108. The van der Waals surface area contributed by atoms with Crippen LogP contribution in [0.2, 0.25) is 0 Å². The molecule has 2 amide bonds. The Morgan fingerprint density at radius 3 is 2.62 bits per heavy atom. The van der Waals surface area contributed by atoms with Gasteiger partial charge in [0.2, 0.25) is 5.91 Å². The van der Waals surface area contributed by atoms with Crippen LogP contribution < -0.4 is 11.1 Å². The third kappa shape index (κ3) is 2.93. The number of carbonyl (C=O) groups excluding carboxylic acids is 1. The van der Waals surface area contributed by atoms with Gasteiger partial charge in [0, 0.05) is 12.0 Å². The number of amides is 2. The Morgan fingerprint density at radius 2 is 2.08 bits per heavy atom. The molecular weight excluding hydrogens is 172 g/mol. The molecule has 1 aliphatic carbocycles. The molecule has 13 heavy (non-hydrogen) atoms. The van der Waals surface area contributed by atoms with Crippen molar-refractivity contribution in [3.05, 3.63) is 0 Å². The van der Waals surface area contributed by atoms with Gasteiger partial charge in [-0.05, 0) is 19.3 Å². The van der Waals surface area contributed by atoms with Gasteiger partial charge in [0.15, 0.2) is 0 Å². The maximum Gasteiger partial charge on any atom is 0.404 e. The molecule has 0 aromatic heterocycles. The van der Waals surface area contributed by atoms with Crippen molar-refractivity contribution in [2.45, 2.75) is 31.7 Å². The van der Waals surface area contributed by atoms with Crippen molar-refractivity contribution >= 4 is 12.0 Å². The molecule has 0 radical (unpaired) electrons. The number of primary amides is 1. The maximum absolute atomic E-state index is 10.8. The average molecular weight is 186 g/mol. The fourth-order valence-corrected chi connectivity index (χ4v) is 1.75. The van der Waals surface area contributed by atoms with Gasteiger partial charge in [-0.1, -0.05) is 6.42 Å². The van der Waals surface area contributed by atoms with E-state index in [4.69, 9.17) is 10.8 Å². The van der Waals surface area contributed by atoms with Gasteiger partial charge in [-0.3, -0.25) is 4.79 Å². The lowest BCUT2D eigenvalue weighted by molar-refractivity contribution is -0.122. The smallest absolute Gasteiger partial charge is 0.404 e. The molecule has 1 aliphatic rings. The summed E-state index contributed by atoms with van der Waals surface area (Å²) in [6, 6.07) is -0.108. The highest BCUT2D eigenvalue weighted by atomic mass is 16.4. The Morgan fingerprint density at radius 1 is 1.38 bits per heavy atom. The summed E-state index contributed by atoms with van der Waals surface area (Å²) >= 11 is 0. The van der Waals surface area contributed by atoms with Crippen LogP contribution in [0.1, 0.15) is 25.7 Å². The molecule has 1 saturated carbocycles. The van der Waals surface area contributed by atoms with Crippen LogP contribution in [-0.2, 0) is 4.79 Å². The van der Waals surface area contributed by atoms with E-state index in [2.05, 4.69) is 5.32 Å². The Balaban J connectivity index is 2.41. The van der Waals surface area contributed by atoms with Gasteiger partial charge in [-0.2, -0.15) is 0 Å². The molecule has 1 fully saturated rings. The molecule has 0 aliphatic heterocycles. The van der Waals surface area contributed by atoms with E-state index in [1.807, 2.05) is 0 Å². The zero-order chi connectivity index (χ0) is 9.84. The second-order valence-electron chi connectivity index (χ2n) is 3.41. The fourth-order valence-electron chi connectivity index (χ4n) is 1.75. The van der Waals surface area contributed by atoms with Crippen molar-refractivity contribution in [3.8, 4) is 0 Å². The van der Waals surface area contributed by atoms with Crippen LogP contribution in [0.4, 0.5) is 4.79 Å². The van der Waals surface area contributed by atoms with E-state index >= 15 is 0 Å². The van der Waals surface area contributed by atoms with Crippen LogP contribution in [0, 0.1) is 5.92 Å². The van der Waals surface area contributed by atoms with E-state index in [1.165, 1.54) is 0 Å². The van der Waals surface area contributed by atoms with Gasteiger partial charge in [0.25, 0.3) is 0 Å². The van der Waals surface area contributed by atoms with Crippen molar-refractivity contribution in [1.29, 1.82) is 0 Å². The lowest BCUT2D eigenvalue weighted by atomic mass is 9.85. The van der Waals surface area contributed by atoms with Crippen LogP contribution >= 0.6 is 0 Å². The SMILES string of the molecule is NC(=O)C1CCCC(NC(=O)O)C1. The lowest BCUT2D eigenvalue weighted by Crippen LogP contribution is -2.40. The van der Waals surface area contributed by atoms with Crippen molar-refractivity contribution in [2.24, 2.45) is 11.7 Å². The third-order valence-electron chi connectivity index (χ3n) is 2.40. The largest absolute Gasteiger partial charge is 0.465 e. The van der Waals surface area contributed by atoms with Crippen molar-refractivity contribution < 1.29 is 14.7 Å². The van der Waals surface area contributed by atoms with E-state index < -0.39 is 6.09 Å². The molecular formula is C8H14N2O3. The van der Waals surface area contributed by atoms with Crippen LogP contribution in [0.15, 0.2) is 0 Å². The van der Waals surface area contributed by atoms with Crippen LogP contribution in [-0.4, -0.2) is 23.1 Å². The lowest BCUT2D eigenvalue weighted by Gasteiger charge is -2.26. The molecule has 5 nitrogen and oxygen atoms in total. The molecule has 0 aromatic rings. The van der Waals surface area contributed by atoms with Crippen molar-refractivity contribution in [2.75, 3.05) is 0 Å². The average Bonchev–Trinajstić information content (AvgIpc) is 2.03. The predicted octanol–water partition coefficient (Wildman–Crippen LogP) is 0.298. The van der Waals surface area contributed by atoms with Gasteiger partial charge in [0.05, 0.1) is 0 Å². The number of nitrogens with two attached hydrogens (primary N) is 1. The quantitative estimate of drug-likeness (QED) is 0.579. The summed E-state index contributed by atoms with van der Waals surface area (Å²) in [5, 5.41) is 10.8. The molecule has 0 aromatic carbocycles. The molecule has 2 atom stereocenters. The second kappa shape index (κ2) is 4.11. The molecule has 5 heteroatoms. The van der Waals surface area contributed by atoms with Crippen LogP contribution in [0.3, 0.4) is 0 Å². The van der Waals surface area contributed by atoms with E-state index in [1.54, 1.807) is 0 Å². The first kappa shape index (κ1) is 9.83. The fraction of sp³-hybridized carbons (Fsp3) is 0.750. The van der Waals surface area contributed by atoms with Crippen molar-refractivity contribution in [3.63, 3.8) is 0 Å².